The SMILES string of the molecule is COc1ccccc1CC1CCCN1CC1CCOCO1. The van der Waals surface area contributed by atoms with Crippen LogP contribution in [0.4, 0.5) is 0 Å². The van der Waals surface area contributed by atoms with Gasteiger partial charge in [0.1, 0.15) is 12.5 Å². The van der Waals surface area contributed by atoms with Crippen LogP contribution in [0.1, 0.15) is 24.8 Å². The van der Waals surface area contributed by atoms with E-state index < -0.39 is 0 Å². The normalized spacial score (nSPS) is 26.9. The average Bonchev–Trinajstić information content (AvgIpc) is 2.96. The zero-order chi connectivity index (χ0) is 14.5. The molecule has 4 heteroatoms. The summed E-state index contributed by atoms with van der Waals surface area (Å²) in [6.07, 6.45) is 4.95. The molecule has 0 saturated carbocycles. The van der Waals surface area contributed by atoms with Crippen molar-refractivity contribution < 1.29 is 14.2 Å². The van der Waals surface area contributed by atoms with Gasteiger partial charge in [-0.05, 0) is 43.9 Å². The Balaban J connectivity index is 1.61. The van der Waals surface area contributed by atoms with Gasteiger partial charge in [-0.1, -0.05) is 18.2 Å². The molecule has 1 aromatic rings. The molecule has 1 aromatic carbocycles. The van der Waals surface area contributed by atoms with Gasteiger partial charge in [0.2, 0.25) is 0 Å². The molecule has 21 heavy (non-hydrogen) atoms. The first-order valence-corrected chi connectivity index (χ1v) is 7.92. The van der Waals surface area contributed by atoms with Crippen LogP contribution >= 0.6 is 0 Å². The minimum absolute atomic E-state index is 0.331. The molecule has 0 bridgehead atoms. The van der Waals surface area contributed by atoms with Crippen LogP contribution in [0, 0.1) is 0 Å². The van der Waals surface area contributed by atoms with Gasteiger partial charge in [0, 0.05) is 12.6 Å². The van der Waals surface area contributed by atoms with Crippen LogP contribution in [0.5, 0.6) is 5.75 Å². The van der Waals surface area contributed by atoms with Crippen LogP contribution in [0.3, 0.4) is 0 Å². The average molecular weight is 291 g/mol. The highest BCUT2D eigenvalue weighted by Gasteiger charge is 2.28. The van der Waals surface area contributed by atoms with Crippen LogP contribution in [0.25, 0.3) is 0 Å². The molecule has 0 spiro atoms. The molecule has 116 valence electrons. The Kier molecular flexibility index (Phi) is 5.12. The van der Waals surface area contributed by atoms with Gasteiger partial charge < -0.3 is 14.2 Å². The molecule has 0 aromatic heterocycles. The van der Waals surface area contributed by atoms with E-state index in [9.17, 15) is 0 Å². The number of hydrogen-bond donors (Lipinski definition) is 0. The Labute approximate surface area is 127 Å². The van der Waals surface area contributed by atoms with Gasteiger partial charge in [0.25, 0.3) is 0 Å². The molecule has 2 atom stereocenters. The topological polar surface area (TPSA) is 30.9 Å². The molecular weight excluding hydrogens is 266 g/mol. The van der Waals surface area contributed by atoms with Gasteiger partial charge >= 0.3 is 0 Å². The molecule has 2 aliphatic rings. The quantitative estimate of drug-likeness (QED) is 0.834. The van der Waals surface area contributed by atoms with Gasteiger partial charge in [0.15, 0.2) is 0 Å². The summed E-state index contributed by atoms with van der Waals surface area (Å²) in [5, 5.41) is 0. The van der Waals surface area contributed by atoms with Gasteiger partial charge in [0.05, 0.1) is 19.8 Å². The van der Waals surface area contributed by atoms with Gasteiger partial charge in [-0.3, -0.25) is 4.90 Å². The highest BCUT2D eigenvalue weighted by atomic mass is 16.7. The molecule has 0 amide bonds. The summed E-state index contributed by atoms with van der Waals surface area (Å²) in [5.41, 5.74) is 1.31. The molecule has 2 heterocycles. The summed E-state index contributed by atoms with van der Waals surface area (Å²) in [5.74, 6) is 1.01. The highest BCUT2D eigenvalue weighted by Crippen LogP contribution is 2.26. The van der Waals surface area contributed by atoms with E-state index in [2.05, 4.69) is 23.1 Å². The predicted octanol–water partition coefficient (Wildman–Crippen LogP) is 2.47. The number of nitrogens with zero attached hydrogens (tertiary/aromatic N) is 1. The van der Waals surface area contributed by atoms with Crippen molar-refractivity contribution >= 4 is 0 Å². The Morgan fingerprint density at radius 3 is 3.00 bits per heavy atom. The monoisotopic (exact) mass is 291 g/mol. The summed E-state index contributed by atoms with van der Waals surface area (Å²) in [7, 11) is 1.75. The smallest absolute Gasteiger partial charge is 0.147 e. The molecule has 0 aliphatic carbocycles. The van der Waals surface area contributed by atoms with Crippen molar-refractivity contribution in [1.29, 1.82) is 0 Å². The Morgan fingerprint density at radius 2 is 2.19 bits per heavy atom. The van der Waals surface area contributed by atoms with Crippen molar-refractivity contribution in [3.63, 3.8) is 0 Å². The van der Waals surface area contributed by atoms with Crippen molar-refractivity contribution in [3.8, 4) is 5.75 Å². The maximum absolute atomic E-state index is 5.69. The lowest BCUT2D eigenvalue weighted by atomic mass is 10.0. The van der Waals surface area contributed by atoms with Crippen LogP contribution < -0.4 is 4.74 Å². The standard InChI is InChI=1S/C17H25NO3/c1-19-17-7-3-2-5-14(17)11-15-6-4-9-18(15)12-16-8-10-20-13-21-16/h2-3,5,7,15-16H,4,6,8-13H2,1H3. The molecule has 3 rings (SSSR count). The summed E-state index contributed by atoms with van der Waals surface area (Å²) in [6.45, 7) is 3.50. The molecule has 2 unspecified atom stereocenters. The first-order chi connectivity index (χ1) is 10.4. The highest BCUT2D eigenvalue weighted by molar-refractivity contribution is 5.34. The van der Waals surface area contributed by atoms with Crippen molar-refractivity contribution in [2.75, 3.05) is 33.6 Å². The van der Waals surface area contributed by atoms with E-state index in [0.29, 0.717) is 18.9 Å². The van der Waals surface area contributed by atoms with Crippen LogP contribution in [0.15, 0.2) is 24.3 Å². The number of ether oxygens (including phenoxy) is 3. The summed E-state index contributed by atoms with van der Waals surface area (Å²) in [4.78, 5) is 2.59. The lowest BCUT2D eigenvalue weighted by Crippen LogP contribution is -2.40. The van der Waals surface area contributed by atoms with E-state index in [1.165, 1.54) is 24.9 Å². The van der Waals surface area contributed by atoms with Gasteiger partial charge in [-0.15, -0.1) is 0 Å². The molecule has 4 nitrogen and oxygen atoms in total. The maximum atomic E-state index is 5.69. The Morgan fingerprint density at radius 1 is 1.29 bits per heavy atom. The Hall–Kier alpha value is -1.10. The largest absolute Gasteiger partial charge is 0.496 e. The van der Waals surface area contributed by atoms with Crippen LogP contribution in [0.2, 0.25) is 0 Å². The minimum atomic E-state index is 0.331. The van der Waals surface area contributed by atoms with Crippen molar-refractivity contribution in [1.82, 2.24) is 4.90 Å². The molecule has 2 saturated heterocycles. The predicted molar refractivity (Wildman–Crippen MR) is 81.6 cm³/mol. The first-order valence-electron chi connectivity index (χ1n) is 7.92. The van der Waals surface area contributed by atoms with E-state index in [-0.39, 0.29) is 0 Å². The first kappa shape index (κ1) is 14.8. The summed E-state index contributed by atoms with van der Waals surface area (Å²) < 4.78 is 16.4. The third-order valence-corrected chi connectivity index (χ3v) is 4.56. The molecule has 2 fully saturated rings. The fraction of sp³-hybridized carbons (Fsp3) is 0.647. The van der Waals surface area contributed by atoms with Gasteiger partial charge in [-0.25, -0.2) is 0 Å². The van der Waals surface area contributed by atoms with E-state index in [1.54, 1.807) is 7.11 Å². The second-order valence-electron chi connectivity index (χ2n) is 5.91. The molecule has 0 N–H and O–H groups in total. The fourth-order valence-electron chi connectivity index (χ4n) is 3.40. The number of rotatable bonds is 5. The Bertz CT molecular complexity index is 445. The third kappa shape index (κ3) is 3.76. The number of para-hydroxylation sites is 1. The van der Waals surface area contributed by atoms with Crippen LogP contribution in [-0.2, 0) is 15.9 Å². The van der Waals surface area contributed by atoms with E-state index in [4.69, 9.17) is 14.2 Å². The van der Waals surface area contributed by atoms with Crippen molar-refractivity contribution in [2.24, 2.45) is 0 Å². The fourth-order valence-corrected chi connectivity index (χ4v) is 3.40. The van der Waals surface area contributed by atoms with Crippen molar-refractivity contribution in [2.45, 2.75) is 37.8 Å². The van der Waals surface area contributed by atoms with Crippen molar-refractivity contribution in [3.05, 3.63) is 29.8 Å². The lowest BCUT2D eigenvalue weighted by Gasteiger charge is -2.31. The number of benzene rings is 1. The van der Waals surface area contributed by atoms with E-state index >= 15 is 0 Å². The van der Waals surface area contributed by atoms with Gasteiger partial charge in [-0.2, -0.15) is 0 Å². The zero-order valence-corrected chi connectivity index (χ0v) is 12.8. The minimum Gasteiger partial charge on any atom is -0.496 e. The maximum Gasteiger partial charge on any atom is 0.147 e. The van der Waals surface area contributed by atoms with E-state index in [0.717, 1.165) is 31.7 Å². The van der Waals surface area contributed by atoms with Crippen LogP contribution in [-0.4, -0.2) is 50.6 Å². The lowest BCUT2D eigenvalue weighted by molar-refractivity contribution is -0.145. The summed E-state index contributed by atoms with van der Waals surface area (Å²) in [6, 6.07) is 8.97. The zero-order valence-electron chi connectivity index (χ0n) is 12.8. The second-order valence-corrected chi connectivity index (χ2v) is 5.91. The number of likely N-dealkylation sites (tertiary alicyclic amines) is 1. The molecular formula is C17H25NO3. The molecule has 2 aliphatic heterocycles. The van der Waals surface area contributed by atoms with E-state index in [1.807, 2.05) is 6.07 Å². The summed E-state index contributed by atoms with van der Waals surface area (Å²) >= 11 is 0. The second kappa shape index (κ2) is 7.25. The number of hydrogen-bond acceptors (Lipinski definition) is 4. The number of methoxy groups -OCH3 is 1. The third-order valence-electron chi connectivity index (χ3n) is 4.56. The molecule has 0 radical (unpaired) electrons.